The predicted molar refractivity (Wildman–Crippen MR) is 102 cm³/mol. The molecule has 0 N–H and O–H groups in total. The number of hydrogen-bond donors (Lipinski definition) is 0. The fraction of sp³-hybridized carbons (Fsp3) is 0.0833. The molecular formula is C24H18O. The molecule has 0 amide bonds. The lowest BCUT2D eigenvalue weighted by atomic mass is 9.68. The van der Waals surface area contributed by atoms with Gasteiger partial charge in [-0.1, -0.05) is 78.9 Å². The second-order valence-corrected chi connectivity index (χ2v) is 6.75. The number of ether oxygens (including phenoxy) is 1. The molecule has 120 valence electrons. The molecule has 0 aliphatic carbocycles. The minimum Gasteiger partial charge on any atom is -0.457 e. The maximum atomic E-state index is 6.21. The van der Waals surface area contributed by atoms with Crippen LogP contribution in [0.2, 0.25) is 0 Å². The minimum atomic E-state index is -0.258. The third-order valence-corrected chi connectivity index (χ3v) is 5.40. The Labute approximate surface area is 147 Å². The summed E-state index contributed by atoms with van der Waals surface area (Å²) in [7, 11) is 0. The fourth-order valence-corrected chi connectivity index (χ4v) is 4.15. The van der Waals surface area contributed by atoms with Gasteiger partial charge in [0.25, 0.3) is 0 Å². The third kappa shape index (κ3) is 1.96. The molecule has 1 heterocycles. The summed E-state index contributed by atoms with van der Waals surface area (Å²) in [5.41, 5.74) is 3.48. The Balaban J connectivity index is 1.91. The van der Waals surface area contributed by atoms with Crippen molar-refractivity contribution in [3.8, 4) is 11.5 Å². The summed E-state index contributed by atoms with van der Waals surface area (Å²) in [6.07, 6.45) is 0. The summed E-state index contributed by atoms with van der Waals surface area (Å²) in [5.74, 6) is 1.88. The van der Waals surface area contributed by atoms with Crippen molar-refractivity contribution < 1.29 is 4.74 Å². The van der Waals surface area contributed by atoms with E-state index >= 15 is 0 Å². The van der Waals surface area contributed by atoms with Gasteiger partial charge >= 0.3 is 0 Å². The predicted octanol–water partition coefficient (Wildman–Crippen LogP) is 6.30. The fourth-order valence-electron chi connectivity index (χ4n) is 4.15. The maximum absolute atomic E-state index is 6.21. The van der Waals surface area contributed by atoms with Crippen LogP contribution >= 0.6 is 0 Å². The summed E-state index contributed by atoms with van der Waals surface area (Å²) in [6.45, 7) is 2.31. The Morgan fingerprint density at radius 1 is 0.560 bits per heavy atom. The van der Waals surface area contributed by atoms with Crippen LogP contribution in [0.3, 0.4) is 0 Å². The Hall–Kier alpha value is -3.06. The number of hydrogen-bond acceptors (Lipinski definition) is 1. The zero-order valence-electron chi connectivity index (χ0n) is 14.1. The van der Waals surface area contributed by atoms with Crippen LogP contribution in [0.1, 0.15) is 23.6 Å². The van der Waals surface area contributed by atoms with E-state index in [0.717, 1.165) is 11.5 Å². The lowest BCUT2D eigenvalue weighted by Crippen LogP contribution is -2.29. The van der Waals surface area contributed by atoms with Gasteiger partial charge in [-0.05, 0) is 35.4 Å². The van der Waals surface area contributed by atoms with Crippen LogP contribution in [0.15, 0.2) is 91.0 Å². The Morgan fingerprint density at radius 3 is 1.80 bits per heavy atom. The molecule has 4 aromatic carbocycles. The van der Waals surface area contributed by atoms with Crippen molar-refractivity contribution in [1.29, 1.82) is 0 Å². The summed E-state index contributed by atoms with van der Waals surface area (Å²) in [5, 5.41) is 2.56. The van der Waals surface area contributed by atoms with Crippen molar-refractivity contribution >= 4 is 10.8 Å². The van der Waals surface area contributed by atoms with E-state index < -0.39 is 0 Å². The van der Waals surface area contributed by atoms with Gasteiger partial charge in [0.05, 0.1) is 5.41 Å². The van der Waals surface area contributed by atoms with Gasteiger partial charge in [-0.2, -0.15) is 0 Å². The van der Waals surface area contributed by atoms with Crippen molar-refractivity contribution in [2.24, 2.45) is 0 Å². The molecule has 25 heavy (non-hydrogen) atoms. The second-order valence-electron chi connectivity index (χ2n) is 6.75. The van der Waals surface area contributed by atoms with E-state index in [0.29, 0.717) is 0 Å². The average Bonchev–Trinajstić information content (AvgIpc) is 2.68. The molecule has 0 radical (unpaired) electrons. The van der Waals surface area contributed by atoms with Crippen LogP contribution in [-0.4, -0.2) is 0 Å². The van der Waals surface area contributed by atoms with Gasteiger partial charge in [0.15, 0.2) is 0 Å². The molecule has 1 nitrogen and oxygen atoms in total. The number of rotatable bonds is 1. The largest absolute Gasteiger partial charge is 0.457 e. The van der Waals surface area contributed by atoms with Gasteiger partial charge in [0, 0.05) is 11.1 Å². The van der Waals surface area contributed by atoms with Crippen LogP contribution in [0.4, 0.5) is 0 Å². The van der Waals surface area contributed by atoms with Crippen molar-refractivity contribution in [2.75, 3.05) is 0 Å². The Morgan fingerprint density at radius 2 is 1.08 bits per heavy atom. The summed E-state index contributed by atoms with van der Waals surface area (Å²) < 4.78 is 6.21. The van der Waals surface area contributed by atoms with Crippen LogP contribution in [-0.2, 0) is 5.41 Å². The molecule has 5 rings (SSSR count). The SMILES string of the molecule is CC1(c2cccc3ccccc23)c2ccccc2Oc2ccccc21. The third-order valence-electron chi connectivity index (χ3n) is 5.40. The maximum Gasteiger partial charge on any atom is 0.131 e. The highest BCUT2D eigenvalue weighted by atomic mass is 16.5. The molecule has 0 saturated heterocycles. The van der Waals surface area contributed by atoms with Gasteiger partial charge in [0.1, 0.15) is 11.5 Å². The summed E-state index contributed by atoms with van der Waals surface area (Å²) in [4.78, 5) is 0. The highest BCUT2D eigenvalue weighted by molar-refractivity contribution is 5.88. The first-order valence-electron chi connectivity index (χ1n) is 8.63. The number of para-hydroxylation sites is 2. The van der Waals surface area contributed by atoms with E-state index in [2.05, 4.69) is 85.8 Å². The molecule has 0 aromatic heterocycles. The van der Waals surface area contributed by atoms with E-state index in [4.69, 9.17) is 4.74 Å². The molecule has 0 atom stereocenters. The van der Waals surface area contributed by atoms with E-state index in [-0.39, 0.29) is 5.41 Å². The van der Waals surface area contributed by atoms with Gasteiger partial charge in [-0.25, -0.2) is 0 Å². The topological polar surface area (TPSA) is 9.23 Å². The first-order valence-corrected chi connectivity index (χ1v) is 8.63. The smallest absolute Gasteiger partial charge is 0.131 e. The highest BCUT2D eigenvalue weighted by Crippen LogP contribution is 2.52. The minimum absolute atomic E-state index is 0.258. The second kappa shape index (κ2) is 5.22. The van der Waals surface area contributed by atoms with Crippen LogP contribution in [0, 0.1) is 0 Å². The van der Waals surface area contributed by atoms with Gasteiger partial charge in [-0.15, -0.1) is 0 Å². The van der Waals surface area contributed by atoms with Crippen molar-refractivity contribution in [3.05, 3.63) is 108 Å². The van der Waals surface area contributed by atoms with E-state index in [1.54, 1.807) is 0 Å². The Bertz CT molecular complexity index is 1040. The molecule has 0 fully saturated rings. The zero-order chi connectivity index (χ0) is 16.9. The zero-order valence-corrected chi connectivity index (χ0v) is 14.1. The molecule has 0 spiro atoms. The normalized spacial score (nSPS) is 14.4. The molecule has 4 aromatic rings. The summed E-state index contributed by atoms with van der Waals surface area (Å²) >= 11 is 0. The first kappa shape index (κ1) is 14.3. The number of fused-ring (bicyclic) bond motifs is 3. The molecular weight excluding hydrogens is 304 g/mol. The quantitative estimate of drug-likeness (QED) is 0.399. The molecule has 0 unspecified atom stereocenters. The van der Waals surface area contributed by atoms with E-state index in [1.165, 1.54) is 27.5 Å². The van der Waals surface area contributed by atoms with Gasteiger partial charge in [-0.3, -0.25) is 0 Å². The lowest BCUT2D eigenvalue weighted by molar-refractivity contribution is 0.428. The van der Waals surface area contributed by atoms with Crippen molar-refractivity contribution in [1.82, 2.24) is 0 Å². The molecule has 1 aliphatic rings. The van der Waals surface area contributed by atoms with Gasteiger partial charge in [0.2, 0.25) is 0 Å². The van der Waals surface area contributed by atoms with Crippen molar-refractivity contribution in [3.63, 3.8) is 0 Å². The van der Waals surface area contributed by atoms with Crippen LogP contribution in [0.25, 0.3) is 10.8 Å². The monoisotopic (exact) mass is 322 g/mol. The average molecular weight is 322 g/mol. The van der Waals surface area contributed by atoms with Gasteiger partial charge < -0.3 is 4.74 Å². The standard InChI is InChI=1S/C24H18O/c1-24(19-14-8-10-17-9-2-3-11-18(17)19)20-12-4-6-15-22(20)25-23-16-7-5-13-21(23)24/h2-16H,1H3. The van der Waals surface area contributed by atoms with E-state index in [9.17, 15) is 0 Å². The van der Waals surface area contributed by atoms with Crippen LogP contribution < -0.4 is 4.74 Å². The van der Waals surface area contributed by atoms with E-state index in [1.807, 2.05) is 12.1 Å². The molecule has 1 aliphatic heterocycles. The number of benzene rings is 4. The van der Waals surface area contributed by atoms with Crippen LogP contribution in [0.5, 0.6) is 11.5 Å². The molecule has 0 saturated carbocycles. The first-order chi connectivity index (χ1) is 12.3. The molecule has 1 heteroatoms. The summed E-state index contributed by atoms with van der Waals surface area (Å²) in [6, 6.07) is 32.0. The lowest BCUT2D eigenvalue weighted by Gasteiger charge is -2.38. The van der Waals surface area contributed by atoms with Crippen molar-refractivity contribution in [2.45, 2.75) is 12.3 Å². The molecule has 0 bridgehead atoms. The highest BCUT2D eigenvalue weighted by Gasteiger charge is 2.40. The Kier molecular flexibility index (Phi) is 2.98.